The molecule has 4 unspecified atom stereocenters. The Morgan fingerprint density at radius 3 is 2.73 bits per heavy atom. The molecule has 5 aliphatic rings. The highest BCUT2D eigenvalue weighted by Gasteiger charge is 2.76. The van der Waals surface area contributed by atoms with Gasteiger partial charge in [-0.2, -0.15) is 0 Å². The van der Waals surface area contributed by atoms with Crippen molar-refractivity contribution >= 4 is 23.6 Å². The van der Waals surface area contributed by atoms with Crippen LogP contribution in [0.5, 0.6) is 5.75 Å². The first kappa shape index (κ1) is 20.8. The largest absolute Gasteiger partial charge is 0.481 e. The second-order valence-corrected chi connectivity index (χ2v) is 11.2. The fraction of sp³-hybridized carbons (Fsp3) is 0.538. The Kier molecular flexibility index (Phi) is 3.78. The molecule has 7 heteroatoms. The molecular formula is C26H31N3O4. The number of ether oxygens (including phenoxy) is 1. The molecule has 2 amide bonds. The lowest BCUT2D eigenvalue weighted by Gasteiger charge is -2.54. The minimum Gasteiger partial charge on any atom is -0.481 e. The molecule has 5 aliphatic heterocycles. The van der Waals surface area contributed by atoms with Crippen molar-refractivity contribution in [1.82, 2.24) is 9.80 Å². The Hall–Kier alpha value is -2.80. The molecule has 2 N–H and O–H groups in total. The molecule has 4 atom stereocenters. The molecular weight excluding hydrogens is 418 g/mol. The van der Waals surface area contributed by atoms with Gasteiger partial charge in [0, 0.05) is 29.5 Å². The highest BCUT2D eigenvalue weighted by atomic mass is 16.5. The molecule has 5 heterocycles. The van der Waals surface area contributed by atoms with Gasteiger partial charge in [-0.05, 0) is 32.8 Å². The van der Waals surface area contributed by atoms with Crippen molar-refractivity contribution in [1.29, 1.82) is 0 Å². The minimum absolute atomic E-state index is 0.0687. The molecule has 0 spiro atoms. The molecule has 0 saturated carbocycles. The number of nitrogens with one attached hydrogen (secondary N) is 1. The number of hydrogen-bond acceptors (Lipinski definition) is 5. The maximum absolute atomic E-state index is 13.9. The van der Waals surface area contributed by atoms with Crippen LogP contribution in [0.1, 0.15) is 58.1 Å². The molecule has 174 valence electrons. The van der Waals surface area contributed by atoms with E-state index in [1.807, 2.05) is 52.0 Å². The number of amides is 2. The van der Waals surface area contributed by atoms with Crippen molar-refractivity contribution in [2.45, 2.75) is 75.9 Å². The predicted octanol–water partition coefficient (Wildman–Crippen LogP) is 3.00. The van der Waals surface area contributed by atoms with Gasteiger partial charge in [-0.1, -0.05) is 38.1 Å². The van der Waals surface area contributed by atoms with Crippen molar-refractivity contribution in [3.8, 4) is 5.75 Å². The van der Waals surface area contributed by atoms with Crippen LogP contribution in [0.3, 0.4) is 0 Å². The lowest BCUT2D eigenvalue weighted by atomic mass is 9.68. The average Bonchev–Trinajstić information content (AvgIpc) is 3.41. The van der Waals surface area contributed by atoms with Gasteiger partial charge in [0.2, 0.25) is 11.8 Å². The molecule has 0 aromatic heterocycles. The molecule has 0 bridgehead atoms. The van der Waals surface area contributed by atoms with Gasteiger partial charge in [0.05, 0.1) is 5.69 Å². The summed E-state index contributed by atoms with van der Waals surface area (Å²) in [6, 6.07) is 2.66. The number of rotatable bonds is 2. The van der Waals surface area contributed by atoms with E-state index in [0.29, 0.717) is 30.0 Å². The van der Waals surface area contributed by atoms with Gasteiger partial charge in [-0.15, -0.1) is 6.58 Å². The minimum atomic E-state index is -1.49. The zero-order valence-electron chi connectivity index (χ0n) is 19.6. The van der Waals surface area contributed by atoms with Crippen LogP contribution in [0.25, 0.3) is 6.08 Å². The van der Waals surface area contributed by atoms with E-state index in [1.165, 1.54) is 0 Å². The van der Waals surface area contributed by atoms with E-state index in [2.05, 4.69) is 11.9 Å². The van der Waals surface area contributed by atoms with Crippen LogP contribution in [-0.2, 0) is 15.2 Å². The monoisotopic (exact) mass is 449 g/mol. The van der Waals surface area contributed by atoms with Crippen molar-refractivity contribution in [2.75, 3.05) is 11.9 Å². The third-order valence-electron chi connectivity index (χ3n) is 8.52. The standard InChI is InChI=1S/C26H31N3O4/c1-6-23(2,3)26-25(32,14-18-21(30)28-13-7-8-17(28)22(31)29(18)26)16-10-9-15-11-12-24(4,5)33-20(15)19(16)27-26/h6,9-12,17-18,27,32H,1,7-8,13-14H2,2-5H3. The van der Waals surface area contributed by atoms with Crippen LogP contribution in [0.4, 0.5) is 5.69 Å². The second-order valence-electron chi connectivity index (χ2n) is 11.2. The van der Waals surface area contributed by atoms with Crippen LogP contribution in [-0.4, -0.2) is 56.6 Å². The van der Waals surface area contributed by atoms with E-state index in [1.54, 1.807) is 15.9 Å². The van der Waals surface area contributed by atoms with Gasteiger partial charge in [-0.25, -0.2) is 0 Å². The Morgan fingerprint density at radius 1 is 1.24 bits per heavy atom. The molecule has 1 aromatic carbocycles. The molecule has 7 nitrogen and oxygen atoms in total. The van der Waals surface area contributed by atoms with Crippen molar-refractivity contribution in [2.24, 2.45) is 5.41 Å². The van der Waals surface area contributed by atoms with Crippen LogP contribution < -0.4 is 10.1 Å². The number of piperazine rings is 1. The van der Waals surface area contributed by atoms with E-state index in [-0.39, 0.29) is 18.2 Å². The number of fused-ring (bicyclic) bond motifs is 8. The summed E-state index contributed by atoms with van der Waals surface area (Å²) in [5, 5.41) is 16.1. The number of carbonyl (C=O) groups excluding carboxylic acids is 2. The molecule has 3 fully saturated rings. The van der Waals surface area contributed by atoms with Gasteiger partial charge < -0.3 is 25.0 Å². The zero-order valence-corrected chi connectivity index (χ0v) is 19.6. The third kappa shape index (κ3) is 2.24. The number of hydrogen-bond donors (Lipinski definition) is 2. The smallest absolute Gasteiger partial charge is 0.248 e. The summed E-state index contributed by atoms with van der Waals surface area (Å²) in [5.41, 5.74) is -1.75. The number of anilines is 1. The van der Waals surface area contributed by atoms with E-state index < -0.39 is 34.4 Å². The van der Waals surface area contributed by atoms with E-state index in [0.717, 1.165) is 12.0 Å². The van der Waals surface area contributed by atoms with Gasteiger partial charge in [0.1, 0.15) is 23.3 Å². The number of benzene rings is 1. The van der Waals surface area contributed by atoms with Crippen molar-refractivity contribution in [3.05, 3.63) is 42.0 Å². The fourth-order valence-electron chi connectivity index (χ4n) is 6.81. The quantitative estimate of drug-likeness (QED) is 0.679. The zero-order chi connectivity index (χ0) is 23.6. The molecule has 33 heavy (non-hydrogen) atoms. The van der Waals surface area contributed by atoms with Crippen molar-refractivity contribution < 1.29 is 19.4 Å². The first-order valence-corrected chi connectivity index (χ1v) is 11.8. The highest BCUT2D eigenvalue weighted by molar-refractivity contribution is 6.00. The number of carbonyl (C=O) groups is 2. The predicted molar refractivity (Wildman–Crippen MR) is 124 cm³/mol. The van der Waals surface area contributed by atoms with Crippen LogP contribution in [0, 0.1) is 5.41 Å². The van der Waals surface area contributed by atoms with Crippen LogP contribution in [0.2, 0.25) is 0 Å². The van der Waals surface area contributed by atoms with Crippen LogP contribution in [0.15, 0.2) is 30.9 Å². The maximum atomic E-state index is 13.9. The normalized spacial score (nSPS) is 35.3. The summed E-state index contributed by atoms with van der Waals surface area (Å²) in [6.07, 6.45) is 7.42. The molecule has 0 aliphatic carbocycles. The Balaban J connectivity index is 1.60. The SMILES string of the molecule is C=CC(C)(C)C12Nc3c(ccc4c3OC(C)(C)C=C4)C1(O)CC1C(=O)N3CCCC3C(=O)N12. The summed E-state index contributed by atoms with van der Waals surface area (Å²) in [4.78, 5) is 30.8. The summed E-state index contributed by atoms with van der Waals surface area (Å²) in [7, 11) is 0. The van der Waals surface area contributed by atoms with Crippen molar-refractivity contribution in [3.63, 3.8) is 0 Å². The van der Waals surface area contributed by atoms with Gasteiger partial charge in [0.15, 0.2) is 11.4 Å². The lowest BCUT2D eigenvalue weighted by molar-refractivity contribution is -0.169. The first-order chi connectivity index (χ1) is 15.5. The van der Waals surface area contributed by atoms with E-state index >= 15 is 0 Å². The summed E-state index contributed by atoms with van der Waals surface area (Å²) in [5.74, 6) is 0.496. The van der Waals surface area contributed by atoms with E-state index in [9.17, 15) is 14.7 Å². The highest BCUT2D eigenvalue weighted by Crippen LogP contribution is 2.65. The lowest BCUT2D eigenvalue weighted by Crippen LogP contribution is -2.73. The number of aliphatic hydroxyl groups is 1. The van der Waals surface area contributed by atoms with Gasteiger partial charge in [0.25, 0.3) is 0 Å². The molecule has 1 aromatic rings. The average molecular weight is 450 g/mol. The molecule has 3 saturated heterocycles. The number of nitrogens with zero attached hydrogens (tertiary/aromatic N) is 2. The molecule has 0 radical (unpaired) electrons. The van der Waals surface area contributed by atoms with E-state index in [4.69, 9.17) is 4.74 Å². The van der Waals surface area contributed by atoms with Gasteiger partial charge in [-0.3, -0.25) is 9.59 Å². The topological polar surface area (TPSA) is 82.1 Å². The summed E-state index contributed by atoms with van der Waals surface area (Å²) >= 11 is 0. The second kappa shape index (κ2) is 6.00. The Bertz CT molecular complexity index is 1150. The third-order valence-corrected chi connectivity index (χ3v) is 8.52. The molecule has 6 rings (SSSR count). The Labute approximate surface area is 194 Å². The summed E-state index contributed by atoms with van der Waals surface area (Å²) in [6.45, 7) is 12.5. The Morgan fingerprint density at radius 2 is 2.00 bits per heavy atom. The first-order valence-electron chi connectivity index (χ1n) is 11.8. The maximum Gasteiger partial charge on any atom is 0.248 e. The summed E-state index contributed by atoms with van der Waals surface area (Å²) < 4.78 is 6.35. The van der Waals surface area contributed by atoms with Gasteiger partial charge >= 0.3 is 0 Å². The van der Waals surface area contributed by atoms with Crippen LogP contribution >= 0.6 is 0 Å². The fourth-order valence-corrected chi connectivity index (χ4v) is 6.81.